The highest BCUT2D eigenvalue weighted by Crippen LogP contribution is 2.25. The lowest BCUT2D eigenvalue weighted by Crippen LogP contribution is -1.83. The summed E-state index contributed by atoms with van der Waals surface area (Å²) >= 11 is 0.494. The Morgan fingerprint density at radius 1 is 1.36 bits per heavy atom. The molecule has 0 aliphatic rings. The molecule has 1 rings (SSSR count). The summed E-state index contributed by atoms with van der Waals surface area (Å²) in [5.74, 6) is -2.40. The molecule has 0 spiro atoms. The fourth-order valence-electron chi connectivity index (χ4n) is 0.890. The van der Waals surface area contributed by atoms with Crippen LogP contribution in [-0.2, 0) is 6.54 Å². The molecular weight excluding hydrogens is 208 g/mol. The molecule has 14 heavy (non-hydrogen) atoms. The first kappa shape index (κ1) is 10.8. The summed E-state index contributed by atoms with van der Waals surface area (Å²) in [7, 11) is 0. The molecule has 0 radical (unpaired) electrons. The number of alkyl halides is 2. The van der Waals surface area contributed by atoms with Gasteiger partial charge >= 0.3 is 0 Å². The molecule has 0 unspecified atom stereocenters. The van der Waals surface area contributed by atoms with Gasteiger partial charge in [-0.2, -0.15) is 8.78 Å². The first-order valence-electron chi connectivity index (χ1n) is 3.77. The van der Waals surface area contributed by atoms with Crippen molar-refractivity contribution >= 4 is 11.8 Å². The summed E-state index contributed by atoms with van der Waals surface area (Å²) in [4.78, 5) is 3.11. The van der Waals surface area contributed by atoms with Gasteiger partial charge in [-0.3, -0.25) is 0 Å². The molecule has 0 saturated carbocycles. The van der Waals surface area contributed by atoms with Crippen LogP contribution in [0.25, 0.3) is 10.4 Å². The molecule has 0 aliphatic carbocycles. The van der Waals surface area contributed by atoms with Crippen molar-refractivity contribution in [1.29, 1.82) is 0 Å². The predicted molar refractivity (Wildman–Crippen MR) is 51.2 cm³/mol. The van der Waals surface area contributed by atoms with E-state index < -0.39 is 5.76 Å². The lowest BCUT2D eigenvalue weighted by Gasteiger charge is -2.00. The molecule has 0 amide bonds. The molecule has 0 fully saturated rings. The van der Waals surface area contributed by atoms with Gasteiger partial charge in [-0.25, -0.2) is 0 Å². The normalized spacial score (nSPS) is 9.93. The minimum Gasteiger partial charge on any atom is -0.198 e. The zero-order valence-electron chi connectivity index (χ0n) is 7.10. The monoisotopic (exact) mass is 215 g/mol. The lowest BCUT2D eigenvalue weighted by atomic mass is 10.2. The van der Waals surface area contributed by atoms with Crippen LogP contribution in [0.1, 0.15) is 5.56 Å². The Morgan fingerprint density at radius 3 is 2.50 bits per heavy atom. The lowest BCUT2D eigenvalue weighted by molar-refractivity contribution is 0.252. The van der Waals surface area contributed by atoms with E-state index in [0.717, 1.165) is 5.56 Å². The molecule has 0 N–H and O–H groups in total. The number of rotatable bonds is 4. The van der Waals surface area contributed by atoms with E-state index >= 15 is 0 Å². The first-order chi connectivity index (χ1) is 6.72. The van der Waals surface area contributed by atoms with Crippen LogP contribution in [0.3, 0.4) is 0 Å². The van der Waals surface area contributed by atoms with Crippen LogP contribution in [0.5, 0.6) is 0 Å². The molecule has 0 aliphatic heterocycles. The Morgan fingerprint density at radius 2 is 2.00 bits per heavy atom. The molecular formula is C8H7F2N3S. The minimum atomic E-state index is -2.40. The van der Waals surface area contributed by atoms with Crippen molar-refractivity contribution in [1.82, 2.24) is 0 Å². The van der Waals surface area contributed by atoms with E-state index in [-0.39, 0.29) is 6.54 Å². The molecule has 6 heteroatoms. The highest BCUT2D eigenvalue weighted by molar-refractivity contribution is 7.99. The Kier molecular flexibility index (Phi) is 4.22. The number of azide groups is 1. The predicted octanol–water partition coefficient (Wildman–Crippen LogP) is 3.81. The molecule has 0 saturated heterocycles. The number of hydrogen-bond acceptors (Lipinski definition) is 2. The molecule has 0 aromatic heterocycles. The van der Waals surface area contributed by atoms with E-state index in [0.29, 0.717) is 16.7 Å². The van der Waals surface area contributed by atoms with Crippen LogP contribution < -0.4 is 0 Å². The van der Waals surface area contributed by atoms with Crippen molar-refractivity contribution in [3.63, 3.8) is 0 Å². The second kappa shape index (κ2) is 5.47. The van der Waals surface area contributed by atoms with E-state index in [2.05, 4.69) is 10.0 Å². The third-order valence-electron chi connectivity index (χ3n) is 1.47. The summed E-state index contributed by atoms with van der Waals surface area (Å²) < 4.78 is 23.8. The fraction of sp³-hybridized carbons (Fsp3) is 0.250. The second-order valence-electron chi connectivity index (χ2n) is 2.41. The Hall–Kier alpha value is -1.26. The number of thioether (sulfide) groups is 1. The van der Waals surface area contributed by atoms with E-state index in [9.17, 15) is 8.78 Å². The van der Waals surface area contributed by atoms with Crippen LogP contribution in [0.2, 0.25) is 0 Å². The fourth-order valence-corrected chi connectivity index (χ4v) is 1.39. The molecule has 74 valence electrons. The van der Waals surface area contributed by atoms with Gasteiger partial charge in [-0.15, -0.1) is 0 Å². The third-order valence-corrected chi connectivity index (χ3v) is 2.19. The van der Waals surface area contributed by atoms with Gasteiger partial charge in [0.1, 0.15) is 0 Å². The van der Waals surface area contributed by atoms with Gasteiger partial charge in [0.05, 0.1) is 6.54 Å². The summed E-state index contributed by atoms with van der Waals surface area (Å²) in [6.07, 6.45) is 0. The highest BCUT2D eigenvalue weighted by Gasteiger charge is 2.04. The van der Waals surface area contributed by atoms with Crippen molar-refractivity contribution in [2.45, 2.75) is 17.2 Å². The summed E-state index contributed by atoms with van der Waals surface area (Å²) in [6, 6.07) is 6.50. The largest absolute Gasteiger partial charge is 0.288 e. The van der Waals surface area contributed by atoms with Crippen molar-refractivity contribution in [2.24, 2.45) is 5.11 Å². The SMILES string of the molecule is [N-]=[N+]=NCc1ccc(SC(F)F)cc1. The number of hydrogen-bond donors (Lipinski definition) is 0. The van der Waals surface area contributed by atoms with E-state index in [1.54, 1.807) is 24.3 Å². The zero-order chi connectivity index (χ0) is 10.4. The average molecular weight is 215 g/mol. The summed E-state index contributed by atoms with van der Waals surface area (Å²) in [5.41, 5.74) is 8.86. The van der Waals surface area contributed by atoms with Gasteiger partial charge in [0.25, 0.3) is 5.76 Å². The van der Waals surface area contributed by atoms with Crippen LogP contribution >= 0.6 is 11.8 Å². The van der Waals surface area contributed by atoms with Crippen molar-refractivity contribution in [3.05, 3.63) is 40.3 Å². The van der Waals surface area contributed by atoms with Crippen LogP contribution in [0.4, 0.5) is 8.78 Å². The Balaban J connectivity index is 2.63. The maximum atomic E-state index is 11.9. The van der Waals surface area contributed by atoms with E-state index in [1.807, 2.05) is 0 Å². The van der Waals surface area contributed by atoms with Gasteiger partial charge in [0.15, 0.2) is 0 Å². The van der Waals surface area contributed by atoms with Gasteiger partial charge in [0.2, 0.25) is 0 Å². The standard InChI is InChI=1S/C8H7F2N3S/c9-8(10)14-7-3-1-6(2-4-7)5-12-13-11/h1-4,8H,5H2. The Bertz CT molecular complexity index is 333. The highest BCUT2D eigenvalue weighted by atomic mass is 32.2. The van der Waals surface area contributed by atoms with Gasteiger partial charge in [-0.1, -0.05) is 29.0 Å². The maximum absolute atomic E-state index is 11.9. The second-order valence-corrected chi connectivity index (χ2v) is 3.47. The number of nitrogens with zero attached hydrogens (tertiary/aromatic N) is 3. The van der Waals surface area contributed by atoms with E-state index in [4.69, 9.17) is 5.53 Å². The van der Waals surface area contributed by atoms with Crippen LogP contribution in [0.15, 0.2) is 34.3 Å². The topological polar surface area (TPSA) is 48.8 Å². The Labute approximate surface area is 83.7 Å². The first-order valence-corrected chi connectivity index (χ1v) is 4.65. The van der Waals surface area contributed by atoms with Crippen LogP contribution in [0, 0.1) is 0 Å². The van der Waals surface area contributed by atoms with Gasteiger partial charge < -0.3 is 0 Å². The third kappa shape index (κ3) is 3.64. The van der Waals surface area contributed by atoms with Crippen molar-refractivity contribution in [2.75, 3.05) is 0 Å². The van der Waals surface area contributed by atoms with Crippen molar-refractivity contribution < 1.29 is 8.78 Å². The molecule has 1 aromatic rings. The minimum absolute atomic E-state index is 0.246. The summed E-state index contributed by atoms with van der Waals surface area (Å²) in [5, 5.41) is 3.36. The zero-order valence-corrected chi connectivity index (χ0v) is 7.92. The summed E-state index contributed by atoms with van der Waals surface area (Å²) in [6.45, 7) is 0.246. The van der Waals surface area contributed by atoms with Gasteiger partial charge in [0, 0.05) is 9.81 Å². The number of benzene rings is 1. The van der Waals surface area contributed by atoms with E-state index in [1.165, 1.54) is 0 Å². The molecule has 0 atom stereocenters. The molecule has 3 nitrogen and oxygen atoms in total. The molecule has 1 aromatic carbocycles. The van der Waals surface area contributed by atoms with Gasteiger partial charge in [-0.05, 0) is 23.2 Å². The molecule has 0 bridgehead atoms. The maximum Gasteiger partial charge on any atom is 0.288 e. The average Bonchev–Trinajstić information content (AvgIpc) is 2.16. The number of halogens is 2. The quantitative estimate of drug-likeness (QED) is 0.326. The smallest absolute Gasteiger partial charge is 0.198 e. The molecule has 0 heterocycles. The van der Waals surface area contributed by atoms with Crippen molar-refractivity contribution in [3.8, 4) is 0 Å². The van der Waals surface area contributed by atoms with Crippen LogP contribution in [-0.4, -0.2) is 5.76 Å².